The van der Waals surface area contributed by atoms with Gasteiger partial charge in [-0.1, -0.05) is 5.16 Å². The van der Waals surface area contributed by atoms with Crippen LogP contribution in [-0.4, -0.2) is 46.3 Å². The number of hydrogen-bond acceptors (Lipinski definition) is 7. The topological polar surface area (TPSA) is 80.0 Å². The summed E-state index contributed by atoms with van der Waals surface area (Å²) in [6, 6.07) is 2.11. The molecule has 3 heterocycles. The van der Waals surface area contributed by atoms with Gasteiger partial charge < -0.3 is 14.7 Å². The van der Waals surface area contributed by atoms with Crippen LogP contribution < -0.4 is 10.2 Å². The summed E-state index contributed by atoms with van der Waals surface area (Å²) >= 11 is 0. The summed E-state index contributed by atoms with van der Waals surface area (Å²) in [7, 11) is 1.92. The summed E-state index contributed by atoms with van der Waals surface area (Å²) in [5.74, 6) is 1.89. The largest absolute Gasteiger partial charge is 0.341 e. The zero-order valence-corrected chi connectivity index (χ0v) is 13.6. The van der Waals surface area contributed by atoms with Crippen LogP contribution >= 0.6 is 12.4 Å². The highest BCUT2D eigenvalue weighted by Crippen LogP contribution is 2.20. The molecule has 1 aliphatic rings. The first-order valence-corrected chi connectivity index (χ1v) is 7.34. The van der Waals surface area contributed by atoms with E-state index >= 15 is 0 Å². The molecule has 0 radical (unpaired) electrons. The molecule has 1 fully saturated rings. The Morgan fingerprint density at radius 2 is 2.09 bits per heavy atom. The third-order valence-corrected chi connectivity index (χ3v) is 3.70. The molecule has 22 heavy (non-hydrogen) atoms. The molecular weight excluding hydrogens is 304 g/mol. The van der Waals surface area contributed by atoms with E-state index in [-0.39, 0.29) is 12.4 Å². The van der Waals surface area contributed by atoms with Crippen molar-refractivity contribution in [2.24, 2.45) is 0 Å². The second-order valence-electron chi connectivity index (χ2n) is 5.35. The van der Waals surface area contributed by atoms with Gasteiger partial charge in [0.05, 0.1) is 0 Å². The molecule has 1 aliphatic heterocycles. The van der Waals surface area contributed by atoms with Crippen molar-refractivity contribution in [1.82, 2.24) is 25.4 Å². The van der Waals surface area contributed by atoms with Crippen molar-refractivity contribution >= 4 is 18.4 Å². The van der Waals surface area contributed by atoms with Crippen LogP contribution in [0.1, 0.15) is 25.6 Å². The van der Waals surface area contributed by atoms with Crippen molar-refractivity contribution in [2.45, 2.75) is 32.2 Å². The second-order valence-corrected chi connectivity index (χ2v) is 5.35. The Hall–Kier alpha value is -1.73. The number of rotatable bonds is 5. The summed E-state index contributed by atoms with van der Waals surface area (Å²) < 4.78 is 5.32. The van der Waals surface area contributed by atoms with Crippen molar-refractivity contribution in [2.75, 3.05) is 25.0 Å². The predicted molar refractivity (Wildman–Crippen MR) is 86.2 cm³/mol. The van der Waals surface area contributed by atoms with Gasteiger partial charge in [0.15, 0.2) is 5.82 Å². The van der Waals surface area contributed by atoms with Gasteiger partial charge in [-0.3, -0.25) is 0 Å². The van der Waals surface area contributed by atoms with E-state index in [1.54, 1.807) is 12.3 Å². The molecule has 0 bridgehead atoms. The molecule has 7 nitrogen and oxygen atoms in total. The second kappa shape index (κ2) is 7.51. The first-order chi connectivity index (χ1) is 10.3. The van der Waals surface area contributed by atoms with Gasteiger partial charge in [0, 0.05) is 31.7 Å². The van der Waals surface area contributed by atoms with Crippen LogP contribution in [0, 0.1) is 0 Å². The van der Waals surface area contributed by atoms with Gasteiger partial charge in [-0.2, -0.15) is 4.98 Å². The van der Waals surface area contributed by atoms with Crippen LogP contribution in [0.3, 0.4) is 0 Å². The number of aromatic nitrogens is 4. The fourth-order valence-electron chi connectivity index (χ4n) is 2.35. The quantitative estimate of drug-likeness (QED) is 0.896. The summed E-state index contributed by atoms with van der Waals surface area (Å²) in [6.07, 6.45) is 4.86. The molecule has 120 valence electrons. The standard InChI is InChI=1S/C14H20N6O.ClH/c1-10(15-2)9-12-18-13(21-19-12)11-5-6-16-14(17-11)20-7-3-4-8-20;/h5-6,10,15H,3-4,7-9H2,1-2H3;1H. The third kappa shape index (κ3) is 3.72. The van der Waals surface area contributed by atoms with E-state index in [0.29, 0.717) is 23.5 Å². The zero-order chi connectivity index (χ0) is 14.7. The molecule has 0 saturated carbocycles. The first kappa shape index (κ1) is 16.6. The number of likely N-dealkylation sites (N-methyl/N-ethyl adjacent to an activating group) is 1. The zero-order valence-electron chi connectivity index (χ0n) is 12.8. The maximum absolute atomic E-state index is 5.32. The van der Waals surface area contributed by atoms with Crippen molar-refractivity contribution < 1.29 is 4.52 Å². The highest BCUT2D eigenvalue weighted by Gasteiger charge is 2.17. The number of hydrogen-bond donors (Lipinski definition) is 1. The average Bonchev–Trinajstić information content (AvgIpc) is 3.19. The van der Waals surface area contributed by atoms with Crippen LogP contribution in [0.2, 0.25) is 0 Å². The van der Waals surface area contributed by atoms with Gasteiger partial charge >= 0.3 is 0 Å². The molecule has 0 spiro atoms. The molecule has 2 aromatic heterocycles. The molecule has 3 rings (SSSR count). The average molecular weight is 325 g/mol. The van der Waals surface area contributed by atoms with Crippen molar-refractivity contribution in [3.63, 3.8) is 0 Å². The highest BCUT2D eigenvalue weighted by atomic mass is 35.5. The van der Waals surface area contributed by atoms with E-state index < -0.39 is 0 Å². The minimum Gasteiger partial charge on any atom is -0.341 e. The lowest BCUT2D eigenvalue weighted by Crippen LogP contribution is -2.24. The lowest BCUT2D eigenvalue weighted by atomic mass is 10.2. The lowest BCUT2D eigenvalue weighted by Gasteiger charge is -2.14. The van der Waals surface area contributed by atoms with Crippen LogP contribution in [0.25, 0.3) is 11.6 Å². The highest BCUT2D eigenvalue weighted by molar-refractivity contribution is 5.85. The van der Waals surface area contributed by atoms with Crippen molar-refractivity contribution in [1.29, 1.82) is 0 Å². The molecule has 1 saturated heterocycles. The SMILES string of the molecule is CNC(C)Cc1noc(-c2ccnc(N3CCCC3)n2)n1.Cl. The van der Waals surface area contributed by atoms with Crippen LogP contribution in [0.4, 0.5) is 5.95 Å². The van der Waals surface area contributed by atoms with Crippen LogP contribution in [-0.2, 0) is 6.42 Å². The molecule has 1 unspecified atom stereocenters. The Kier molecular flexibility index (Phi) is 5.68. The fraction of sp³-hybridized carbons (Fsp3) is 0.571. The monoisotopic (exact) mass is 324 g/mol. The van der Waals surface area contributed by atoms with Crippen LogP contribution in [0.15, 0.2) is 16.8 Å². The third-order valence-electron chi connectivity index (χ3n) is 3.70. The van der Waals surface area contributed by atoms with E-state index in [2.05, 4.69) is 37.2 Å². The Morgan fingerprint density at radius 3 is 2.82 bits per heavy atom. The van der Waals surface area contributed by atoms with Gasteiger partial charge in [-0.25, -0.2) is 9.97 Å². The number of anilines is 1. The molecule has 0 amide bonds. The minimum atomic E-state index is 0. The Balaban J connectivity index is 0.00000176. The Labute approximate surface area is 135 Å². The van der Waals surface area contributed by atoms with Gasteiger partial charge in [-0.05, 0) is 32.9 Å². The Morgan fingerprint density at radius 1 is 1.32 bits per heavy atom. The summed E-state index contributed by atoms with van der Waals surface area (Å²) in [5, 5.41) is 7.16. The van der Waals surface area contributed by atoms with E-state index in [1.807, 2.05) is 7.05 Å². The first-order valence-electron chi connectivity index (χ1n) is 7.34. The smallest absolute Gasteiger partial charge is 0.276 e. The van der Waals surface area contributed by atoms with E-state index in [0.717, 1.165) is 25.5 Å². The molecule has 1 N–H and O–H groups in total. The minimum absolute atomic E-state index is 0. The normalized spacial score (nSPS) is 15.6. The molecule has 0 aliphatic carbocycles. The van der Waals surface area contributed by atoms with Gasteiger partial charge in [0.2, 0.25) is 5.95 Å². The van der Waals surface area contributed by atoms with Crippen LogP contribution in [0.5, 0.6) is 0 Å². The maximum Gasteiger partial charge on any atom is 0.276 e. The van der Waals surface area contributed by atoms with Crippen molar-refractivity contribution in [3.05, 3.63) is 18.1 Å². The molecule has 0 aromatic carbocycles. The lowest BCUT2D eigenvalue weighted by molar-refractivity contribution is 0.417. The molecule has 8 heteroatoms. The van der Waals surface area contributed by atoms with E-state index in [4.69, 9.17) is 4.52 Å². The van der Waals surface area contributed by atoms with Gasteiger partial charge in [0.1, 0.15) is 5.69 Å². The molecule has 2 aromatic rings. The van der Waals surface area contributed by atoms with Crippen molar-refractivity contribution in [3.8, 4) is 11.6 Å². The number of nitrogens with one attached hydrogen (secondary N) is 1. The van der Waals surface area contributed by atoms with Gasteiger partial charge in [0.25, 0.3) is 5.89 Å². The molecular formula is C14H21ClN6O. The summed E-state index contributed by atoms with van der Waals surface area (Å²) in [4.78, 5) is 15.5. The fourth-order valence-corrected chi connectivity index (χ4v) is 2.35. The maximum atomic E-state index is 5.32. The predicted octanol–water partition coefficient (Wildman–Crippen LogP) is 1.70. The summed E-state index contributed by atoms with van der Waals surface area (Å²) in [5.41, 5.74) is 0.683. The summed E-state index contributed by atoms with van der Waals surface area (Å²) in [6.45, 7) is 4.10. The Bertz CT molecular complexity index is 599. The van der Waals surface area contributed by atoms with Gasteiger partial charge in [-0.15, -0.1) is 12.4 Å². The van der Waals surface area contributed by atoms with E-state index in [1.165, 1.54) is 12.8 Å². The number of nitrogens with zero attached hydrogens (tertiary/aromatic N) is 5. The molecule has 1 atom stereocenters. The number of halogens is 1. The van der Waals surface area contributed by atoms with E-state index in [9.17, 15) is 0 Å².